The summed E-state index contributed by atoms with van der Waals surface area (Å²) in [5, 5.41) is 3.27. The molecule has 0 aromatic carbocycles. The lowest BCUT2D eigenvalue weighted by molar-refractivity contribution is -0.126. The van der Waals surface area contributed by atoms with Crippen LogP contribution in [0.3, 0.4) is 0 Å². The number of hydrogen-bond donors (Lipinski definition) is 1. The molecule has 0 saturated heterocycles. The van der Waals surface area contributed by atoms with Gasteiger partial charge in [-0.15, -0.1) is 0 Å². The molecule has 1 amide bonds. The van der Waals surface area contributed by atoms with Crippen LogP contribution in [0.5, 0.6) is 0 Å². The van der Waals surface area contributed by atoms with Crippen LogP contribution in [0.25, 0.3) is 0 Å². The van der Waals surface area contributed by atoms with E-state index in [4.69, 9.17) is 0 Å². The molecule has 0 aliphatic heterocycles. The zero-order chi connectivity index (χ0) is 11.1. The molecule has 0 bridgehead atoms. The lowest BCUT2D eigenvalue weighted by atomic mass is 9.97. The SMILES string of the molecule is C[C@@H](NC(=O)C1CC2CC2C1)C1CCCC1. The van der Waals surface area contributed by atoms with Crippen molar-refractivity contribution in [3.8, 4) is 0 Å². The topological polar surface area (TPSA) is 29.1 Å². The van der Waals surface area contributed by atoms with Gasteiger partial charge in [-0.2, -0.15) is 0 Å². The Morgan fingerprint density at radius 1 is 1.12 bits per heavy atom. The first-order valence-corrected chi connectivity index (χ1v) is 7.04. The van der Waals surface area contributed by atoms with Gasteiger partial charge in [0.25, 0.3) is 0 Å². The molecule has 90 valence electrons. The lowest BCUT2D eigenvalue weighted by Gasteiger charge is -2.22. The van der Waals surface area contributed by atoms with Gasteiger partial charge in [0.05, 0.1) is 0 Å². The normalized spacial score (nSPS) is 39.4. The summed E-state index contributed by atoms with van der Waals surface area (Å²) in [6.07, 6.45) is 9.11. The zero-order valence-corrected chi connectivity index (χ0v) is 10.2. The van der Waals surface area contributed by atoms with Crippen molar-refractivity contribution in [2.45, 2.75) is 57.9 Å². The van der Waals surface area contributed by atoms with Crippen molar-refractivity contribution < 1.29 is 4.79 Å². The minimum absolute atomic E-state index is 0.353. The van der Waals surface area contributed by atoms with Crippen molar-refractivity contribution in [1.82, 2.24) is 5.32 Å². The van der Waals surface area contributed by atoms with Gasteiger partial charge in [-0.05, 0) is 56.8 Å². The predicted octanol–water partition coefficient (Wildman–Crippen LogP) is 2.73. The van der Waals surface area contributed by atoms with Crippen LogP contribution in [0.2, 0.25) is 0 Å². The molecule has 0 heterocycles. The molecule has 3 atom stereocenters. The fourth-order valence-electron chi connectivity index (χ4n) is 3.85. The molecule has 3 aliphatic rings. The quantitative estimate of drug-likeness (QED) is 0.780. The van der Waals surface area contributed by atoms with Crippen LogP contribution in [0.1, 0.15) is 51.9 Å². The van der Waals surface area contributed by atoms with E-state index in [1.807, 2.05) is 0 Å². The van der Waals surface area contributed by atoms with Gasteiger partial charge < -0.3 is 5.32 Å². The molecular formula is C14H23NO. The zero-order valence-electron chi connectivity index (χ0n) is 10.2. The number of carbonyl (C=O) groups excluding carboxylic acids is 1. The largest absolute Gasteiger partial charge is 0.353 e. The molecule has 0 aromatic heterocycles. The Morgan fingerprint density at radius 2 is 1.75 bits per heavy atom. The maximum atomic E-state index is 12.1. The summed E-state index contributed by atoms with van der Waals surface area (Å²) >= 11 is 0. The molecule has 0 radical (unpaired) electrons. The van der Waals surface area contributed by atoms with E-state index in [0.29, 0.717) is 17.9 Å². The molecule has 2 nitrogen and oxygen atoms in total. The molecule has 3 saturated carbocycles. The minimum atomic E-state index is 0.353. The van der Waals surface area contributed by atoms with E-state index in [2.05, 4.69) is 12.2 Å². The molecule has 16 heavy (non-hydrogen) atoms. The fraction of sp³-hybridized carbons (Fsp3) is 0.929. The summed E-state index contributed by atoms with van der Waals surface area (Å²) in [6.45, 7) is 2.20. The third kappa shape index (κ3) is 1.99. The Balaban J connectivity index is 1.48. The number of rotatable bonds is 3. The van der Waals surface area contributed by atoms with E-state index in [-0.39, 0.29) is 0 Å². The average Bonchev–Trinajstić information content (AvgIpc) is 2.77. The third-order valence-electron chi connectivity index (χ3n) is 5.09. The highest BCUT2D eigenvalue weighted by Crippen LogP contribution is 2.54. The van der Waals surface area contributed by atoms with E-state index >= 15 is 0 Å². The minimum Gasteiger partial charge on any atom is -0.353 e. The highest BCUT2D eigenvalue weighted by atomic mass is 16.1. The fourth-order valence-corrected chi connectivity index (χ4v) is 3.85. The number of fused-ring (bicyclic) bond motifs is 1. The molecule has 1 N–H and O–H groups in total. The van der Waals surface area contributed by atoms with Crippen molar-refractivity contribution in [1.29, 1.82) is 0 Å². The lowest BCUT2D eigenvalue weighted by Crippen LogP contribution is -2.40. The first kappa shape index (κ1) is 10.6. The Morgan fingerprint density at radius 3 is 2.38 bits per heavy atom. The summed E-state index contributed by atoms with van der Waals surface area (Å²) in [5.41, 5.74) is 0. The molecule has 3 fully saturated rings. The van der Waals surface area contributed by atoms with Crippen LogP contribution in [-0.4, -0.2) is 11.9 Å². The second kappa shape index (κ2) is 4.05. The van der Waals surface area contributed by atoms with Crippen LogP contribution < -0.4 is 5.32 Å². The first-order valence-electron chi connectivity index (χ1n) is 7.04. The predicted molar refractivity (Wildman–Crippen MR) is 63.9 cm³/mol. The molecular weight excluding hydrogens is 198 g/mol. The van der Waals surface area contributed by atoms with E-state index in [9.17, 15) is 4.79 Å². The number of carbonyl (C=O) groups is 1. The molecule has 2 unspecified atom stereocenters. The average molecular weight is 221 g/mol. The summed E-state index contributed by atoms with van der Waals surface area (Å²) < 4.78 is 0. The number of nitrogens with one attached hydrogen (secondary N) is 1. The maximum absolute atomic E-state index is 12.1. The highest BCUT2D eigenvalue weighted by molar-refractivity contribution is 5.79. The van der Waals surface area contributed by atoms with Crippen molar-refractivity contribution in [2.24, 2.45) is 23.7 Å². The van der Waals surface area contributed by atoms with E-state index < -0.39 is 0 Å². The van der Waals surface area contributed by atoms with Crippen LogP contribution in [0, 0.1) is 23.7 Å². The number of amides is 1. The first-order chi connectivity index (χ1) is 7.74. The van der Waals surface area contributed by atoms with Gasteiger partial charge >= 0.3 is 0 Å². The second-order valence-corrected chi connectivity index (χ2v) is 6.27. The Kier molecular flexibility index (Phi) is 2.68. The van der Waals surface area contributed by atoms with Crippen LogP contribution >= 0.6 is 0 Å². The summed E-state index contributed by atoms with van der Waals surface area (Å²) in [6, 6.07) is 0.409. The molecule has 3 aliphatic carbocycles. The van der Waals surface area contributed by atoms with Crippen LogP contribution in [-0.2, 0) is 4.79 Å². The van der Waals surface area contributed by atoms with E-state index in [1.54, 1.807) is 0 Å². The van der Waals surface area contributed by atoms with Crippen molar-refractivity contribution in [3.63, 3.8) is 0 Å². The van der Waals surface area contributed by atoms with Gasteiger partial charge in [-0.25, -0.2) is 0 Å². The van der Waals surface area contributed by atoms with Gasteiger partial charge in [0.1, 0.15) is 0 Å². The van der Waals surface area contributed by atoms with Crippen molar-refractivity contribution >= 4 is 5.91 Å². The van der Waals surface area contributed by atoms with Crippen LogP contribution in [0.4, 0.5) is 0 Å². The summed E-state index contributed by atoms with van der Waals surface area (Å²) in [7, 11) is 0. The summed E-state index contributed by atoms with van der Waals surface area (Å²) in [4.78, 5) is 12.1. The molecule has 3 rings (SSSR count). The monoisotopic (exact) mass is 221 g/mol. The smallest absolute Gasteiger partial charge is 0.223 e. The standard InChI is InChI=1S/C14H23NO/c1-9(10-4-2-3-5-10)15-14(16)13-7-11-6-12(11)8-13/h9-13H,2-8H2,1H3,(H,15,16)/t9-,11?,12?,13?/m1/s1. The maximum Gasteiger partial charge on any atom is 0.223 e. The van der Waals surface area contributed by atoms with E-state index in [0.717, 1.165) is 17.8 Å². The molecule has 0 spiro atoms. The second-order valence-electron chi connectivity index (χ2n) is 6.27. The molecule has 0 aromatic rings. The number of hydrogen-bond acceptors (Lipinski definition) is 1. The van der Waals surface area contributed by atoms with Crippen molar-refractivity contribution in [3.05, 3.63) is 0 Å². The Bertz CT molecular complexity index is 272. The van der Waals surface area contributed by atoms with Crippen LogP contribution in [0.15, 0.2) is 0 Å². The third-order valence-corrected chi connectivity index (χ3v) is 5.09. The van der Waals surface area contributed by atoms with Gasteiger partial charge in [0.2, 0.25) is 5.91 Å². The van der Waals surface area contributed by atoms with Gasteiger partial charge in [-0.3, -0.25) is 4.79 Å². The van der Waals surface area contributed by atoms with Gasteiger partial charge in [-0.1, -0.05) is 12.8 Å². The summed E-state index contributed by atoms with van der Waals surface area (Å²) in [5.74, 6) is 3.29. The van der Waals surface area contributed by atoms with Crippen molar-refractivity contribution in [2.75, 3.05) is 0 Å². The Hall–Kier alpha value is -0.530. The van der Waals surface area contributed by atoms with Gasteiger partial charge in [0.15, 0.2) is 0 Å². The molecule has 2 heteroatoms. The highest BCUT2D eigenvalue weighted by Gasteiger charge is 2.48. The van der Waals surface area contributed by atoms with Gasteiger partial charge in [0, 0.05) is 12.0 Å². The Labute approximate surface area is 98.2 Å². The van der Waals surface area contributed by atoms with E-state index in [1.165, 1.54) is 44.9 Å².